The number of fused-ring (bicyclic) bond motifs is 1. The van der Waals surface area contributed by atoms with E-state index >= 15 is 0 Å². The molecular formula is C21H16ClN3O2S. The molecule has 0 bridgehead atoms. The monoisotopic (exact) mass is 409 g/mol. The summed E-state index contributed by atoms with van der Waals surface area (Å²) < 4.78 is 1.35. The molecule has 2 heterocycles. The van der Waals surface area contributed by atoms with Crippen LogP contribution in [-0.2, 0) is 4.79 Å². The van der Waals surface area contributed by atoms with Crippen LogP contribution in [-0.4, -0.2) is 15.5 Å². The van der Waals surface area contributed by atoms with Gasteiger partial charge >= 0.3 is 0 Å². The van der Waals surface area contributed by atoms with Crippen molar-refractivity contribution in [1.29, 1.82) is 0 Å². The minimum absolute atomic E-state index is 0.244. The number of carbonyl (C=O) groups excluding carboxylic acids is 1. The summed E-state index contributed by atoms with van der Waals surface area (Å²) in [5.74, 6) is -0.340. The van der Waals surface area contributed by atoms with E-state index < -0.39 is 6.04 Å². The largest absolute Gasteiger partial charge is 0.323 e. The number of hydrogen-bond acceptors (Lipinski definition) is 4. The minimum Gasteiger partial charge on any atom is -0.323 e. The third kappa shape index (κ3) is 3.32. The maximum absolute atomic E-state index is 13.2. The van der Waals surface area contributed by atoms with Crippen molar-refractivity contribution in [1.82, 2.24) is 9.55 Å². The fraction of sp³-hybridized carbons (Fsp3) is 0.0952. The lowest BCUT2D eigenvalue weighted by Gasteiger charge is -2.15. The first-order valence-corrected chi connectivity index (χ1v) is 9.91. The van der Waals surface area contributed by atoms with Crippen molar-refractivity contribution < 1.29 is 4.79 Å². The molecule has 0 unspecified atom stereocenters. The lowest BCUT2D eigenvalue weighted by molar-refractivity contribution is -0.118. The molecule has 0 saturated carbocycles. The Morgan fingerprint density at radius 2 is 1.86 bits per heavy atom. The van der Waals surface area contributed by atoms with E-state index in [2.05, 4.69) is 10.3 Å². The summed E-state index contributed by atoms with van der Waals surface area (Å²) in [4.78, 5) is 30.9. The highest BCUT2D eigenvalue weighted by atomic mass is 35.5. The van der Waals surface area contributed by atoms with Crippen LogP contribution < -0.4 is 10.9 Å². The van der Waals surface area contributed by atoms with Gasteiger partial charge in [-0.1, -0.05) is 54.1 Å². The van der Waals surface area contributed by atoms with Gasteiger partial charge in [-0.3, -0.25) is 14.2 Å². The van der Waals surface area contributed by atoms with E-state index in [1.165, 1.54) is 22.2 Å². The summed E-state index contributed by atoms with van der Waals surface area (Å²) in [5.41, 5.74) is 2.03. The number of nitrogens with zero attached hydrogens (tertiary/aromatic N) is 2. The minimum atomic E-state index is -0.746. The van der Waals surface area contributed by atoms with E-state index in [0.717, 1.165) is 11.1 Å². The number of para-hydroxylation sites is 1. The molecule has 4 rings (SSSR count). The van der Waals surface area contributed by atoms with E-state index in [0.29, 0.717) is 20.9 Å². The van der Waals surface area contributed by atoms with Crippen LogP contribution in [0.15, 0.2) is 71.1 Å². The molecular weight excluding hydrogens is 394 g/mol. The zero-order valence-corrected chi connectivity index (χ0v) is 16.5. The molecule has 1 N–H and O–H groups in total. The maximum atomic E-state index is 13.2. The molecule has 2 aromatic carbocycles. The van der Waals surface area contributed by atoms with Gasteiger partial charge in [-0.15, -0.1) is 11.3 Å². The first-order valence-electron chi connectivity index (χ1n) is 8.65. The van der Waals surface area contributed by atoms with Crippen LogP contribution in [0.25, 0.3) is 21.3 Å². The number of aromatic nitrogens is 2. The molecule has 7 heteroatoms. The topological polar surface area (TPSA) is 64.0 Å². The molecule has 140 valence electrons. The van der Waals surface area contributed by atoms with Crippen LogP contribution in [0.2, 0.25) is 5.02 Å². The number of rotatable bonds is 4. The van der Waals surface area contributed by atoms with Gasteiger partial charge in [0.1, 0.15) is 10.9 Å². The molecule has 1 atom stereocenters. The molecule has 4 aromatic rings. The highest BCUT2D eigenvalue weighted by Crippen LogP contribution is 2.30. The van der Waals surface area contributed by atoms with Gasteiger partial charge in [-0.25, -0.2) is 4.98 Å². The lowest BCUT2D eigenvalue weighted by Crippen LogP contribution is -2.31. The second-order valence-electron chi connectivity index (χ2n) is 6.30. The van der Waals surface area contributed by atoms with Crippen LogP contribution in [0.4, 0.5) is 5.69 Å². The number of thiophene rings is 1. The Morgan fingerprint density at radius 1 is 1.14 bits per heavy atom. The quantitative estimate of drug-likeness (QED) is 0.517. The lowest BCUT2D eigenvalue weighted by atomic mass is 10.1. The smallest absolute Gasteiger partial charge is 0.263 e. The van der Waals surface area contributed by atoms with Gasteiger partial charge in [0.25, 0.3) is 5.56 Å². The van der Waals surface area contributed by atoms with E-state index in [-0.39, 0.29) is 11.5 Å². The number of benzene rings is 2. The number of amides is 1. The predicted octanol–water partition coefficient (Wildman–Crippen LogP) is 4.98. The van der Waals surface area contributed by atoms with Crippen molar-refractivity contribution in [2.45, 2.75) is 13.0 Å². The van der Waals surface area contributed by atoms with Crippen molar-refractivity contribution >= 4 is 44.7 Å². The number of hydrogen-bond donors (Lipinski definition) is 1. The average Bonchev–Trinajstić information content (AvgIpc) is 3.15. The Kier molecular flexibility index (Phi) is 4.98. The van der Waals surface area contributed by atoms with Crippen LogP contribution in [0, 0.1) is 0 Å². The molecule has 5 nitrogen and oxygen atoms in total. The number of halogens is 1. The van der Waals surface area contributed by atoms with Crippen LogP contribution in [0.3, 0.4) is 0 Å². The number of nitrogens with one attached hydrogen (secondary N) is 1. The molecule has 1 amide bonds. The van der Waals surface area contributed by atoms with Gasteiger partial charge in [0, 0.05) is 10.9 Å². The summed E-state index contributed by atoms with van der Waals surface area (Å²) >= 11 is 7.52. The Balaban J connectivity index is 1.73. The molecule has 0 aliphatic rings. The highest BCUT2D eigenvalue weighted by Gasteiger charge is 2.20. The van der Waals surface area contributed by atoms with Crippen LogP contribution >= 0.6 is 22.9 Å². The van der Waals surface area contributed by atoms with Crippen LogP contribution in [0.1, 0.15) is 13.0 Å². The third-order valence-corrected chi connectivity index (χ3v) is 5.75. The first-order chi connectivity index (χ1) is 13.6. The van der Waals surface area contributed by atoms with Gasteiger partial charge < -0.3 is 5.32 Å². The van der Waals surface area contributed by atoms with Gasteiger partial charge in [-0.05, 0) is 24.6 Å². The van der Waals surface area contributed by atoms with Crippen molar-refractivity contribution in [2.75, 3.05) is 5.32 Å². The van der Waals surface area contributed by atoms with Crippen molar-refractivity contribution in [3.8, 4) is 11.1 Å². The van der Waals surface area contributed by atoms with Gasteiger partial charge in [0.05, 0.1) is 22.4 Å². The standard InChI is InChI=1S/C21H16ClN3O2S/c1-13(19(26)24-17-10-6-5-9-16(17)22)25-12-23-20-18(21(25)27)15(11-28-20)14-7-3-2-4-8-14/h2-13H,1H3,(H,24,26)/t13-/m0/s1. The second-order valence-corrected chi connectivity index (χ2v) is 7.56. The van der Waals surface area contributed by atoms with Crippen LogP contribution in [0.5, 0.6) is 0 Å². The second kappa shape index (κ2) is 7.58. The summed E-state index contributed by atoms with van der Waals surface area (Å²) in [6.07, 6.45) is 1.42. The summed E-state index contributed by atoms with van der Waals surface area (Å²) in [7, 11) is 0. The molecule has 0 radical (unpaired) electrons. The third-order valence-electron chi connectivity index (χ3n) is 4.53. The summed E-state index contributed by atoms with van der Waals surface area (Å²) in [6, 6.07) is 15.9. The number of anilines is 1. The zero-order valence-electron chi connectivity index (χ0n) is 14.9. The fourth-order valence-corrected chi connectivity index (χ4v) is 4.07. The molecule has 0 fully saturated rings. The summed E-state index contributed by atoms with van der Waals surface area (Å²) in [5, 5.41) is 5.65. The van der Waals surface area contributed by atoms with Gasteiger partial charge in [-0.2, -0.15) is 0 Å². The molecule has 0 spiro atoms. The van der Waals surface area contributed by atoms with E-state index in [1.807, 2.05) is 35.7 Å². The Hall–Kier alpha value is -2.96. The SMILES string of the molecule is C[C@@H](C(=O)Nc1ccccc1Cl)n1cnc2scc(-c3ccccc3)c2c1=O. The maximum Gasteiger partial charge on any atom is 0.263 e. The fourth-order valence-electron chi connectivity index (χ4n) is 2.98. The molecule has 2 aromatic heterocycles. The van der Waals surface area contributed by atoms with Crippen molar-refractivity contribution in [2.24, 2.45) is 0 Å². The van der Waals surface area contributed by atoms with E-state index in [9.17, 15) is 9.59 Å². The van der Waals surface area contributed by atoms with Gasteiger partial charge in [0.2, 0.25) is 5.91 Å². The Morgan fingerprint density at radius 3 is 2.61 bits per heavy atom. The Labute approximate surface area is 170 Å². The van der Waals surface area contributed by atoms with Crippen molar-refractivity contribution in [3.63, 3.8) is 0 Å². The number of carbonyl (C=O) groups is 1. The van der Waals surface area contributed by atoms with Crippen molar-refractivity contribution in [3.05, 3.63) is 81.7 Å². The molecule has 0 aliphatic carbocycles. The zero-order chi connectivity index (χ0) is 19.7. The average molecular weight is 410 g/mol. The highest BCUT2D eigenvalue weighted by molar-refractivity contribution is 7.17. The molecule has 0 aliphatic heterocycles. The molecule has 0 saturated heterocycles. The normalized spacial score (nSPS) is 12.1. The van der Waals surface area contributed by atoms with Gasteiger partial charge in [0.15, 0.2) is 0 Å². The summed E-state index contributed by atoms with van der Waals surface area (Å²) in [6.45, 7) is 1.66. The van der Waals surface area contributed by atoms with E-state index in [1.54, 1.807) is 31.2 Å². The predicted molar refractivity (Wildman–Crippen MR) is 114 cm³/mol. The molecule has 28 heavy (non-hydrogen) atoms. The first kappa shape index (κ1) is 18.4. The van der Waals surface area contributed by atoms with E-state index in [4.69, 9.17) is 11.6 Å². The Bertz CT molecular complexity index is 1220.